The highest BCUT2D eigenvalue weighted by Crippen LogP contribution is 2.17. The highest BCUT2D eigenvalue weighted by molar-refractivity contribution is 7.14. The van der Waals surface area contributed by atoms with E-state index in [-0.39, 0.29) is 11.5 Å². The smallest absolute Gasteiger partial charge is 0.261 e. The largest absolute Gasteiger partial charge is 0.346 e. The average molecular weight is 419 g/mol. The molecule has 4 aromatic rings. The van der Waals surface area contributed by atoms with Gasteiger partial charge in [-0.1, -0.05) is 13.0 Å². The maximum atomic E-state index is 12.3. The van der Waals surface area contributed by atoms with Crippen LogP contribution in [0.25, 0.3) is 11.4 Å². The van der Waals surface area contributed by atoms with Crippen LogP contribution in [-0.4, -0.2) is 20.0 Å². The summed E-state index contributed by atoms with van der Waals surface area (Å²) in [7, 11) is 0. The number of hydrogen-bond acceptors (Lipinski definition) is 4. The predicted molar refractivity (Wildman–Crippen MR) is 119 cm³/mol. The maximum Gasteiger partial charge on any atom is 0.261 e. The van der Waals surface area contributed by atoms with Crippen molar-refractivity contribution in [1.82, 2.24) is 19.4 Å². The van der Waals surface area contributed by atoms with Crippen LogP contribution in [0.1, 0.15) is 32.7 Å². The molecule has 0 saturated carbocycles. The first-order chi connectivity index (χ1) is 14.5. The molecule has 0 bridgehead atoms. The van der Waals surface area contributed by atoms with Gasteiger partial charge in [0.25, 0.3) is 11.5 Å². The number of aromatic nitrogens is 3. The molecule has 3 heterocycles. The van der Waals surface area contributed by atoms with E-state index in [4.69, 9.17) is 0 Å². The molecule has 0 atom stereocenters. The van der Waals surface area contributed by atoms with Gasteiger partial charge in [0.15, 0.2) is 0 Å². The summed E-state index contributed by atoms with van der Waals surface area (Å²) < 4.78 is 3.52. The molecule has 0 saturated heterocycles. The number of pyridine rings is 1. The Kier molecular flexibility index (Phi) is 5.63. The van der Waals surface area contributed by atoms with E-state index in [1.807, 2.05) is 60.3 Å². The zero-order chi connectivity index (χ0) is 21.1. The van der Waals surface area contributed by atoms with Gasteiger partial charge in [-0.2, -0.15) is 0 Å². The van der Waals surface area contributed by atoms with Crippen molar-refractivity contribution in [3.05, 3.63) is 98.6 Å². The zero-order valence-corrected chi connectivity index (χ0v) is 17.6. The number of nitrogens with zero attached hydrogens (tertiary/aromatic N) is 3. The molecule has 0 radical (unpaired) electrons. The van der Waals surface area contributed by atoms with Crippen molar-refractivity contribution in [2.24, 2.45) is 0 Å². The van der Waals surface area contributed by atoms with Crippen molar-refractivity contribution in [1.29, 1.82) is 0 Å². The van der Waals surface area contributed by atoms with E-state index < -0.39 is 0 Å². The summed E-state index contributed by atoms with van der Waals surface area (Å²) in [5.41, 5.74) is 3.46. The molecule has 1 amide bonds. The molecule has 3 aromatic heterocycles. The summed E-state index contributed by atoms with van der Waals surface area (Å²) in [6.45, 7) is 4.39. The summed E-state index contributed by atoms with van der Waals surface area (Å²) in [4.78, 5) is 30.7. The van der Waals surface area contributed by atoms with Crippen molar-refractivity contribution < 1.29 is 4.79 Å². The summed E-state index contributed by atoms with van der Waals surface area (Å²) in [6, 6.07) is 14.9. The van der Waals surface area contributed by atoms with Crippen molar-refractivity contribution in [3.8, 4) is 11.4 Å². The third-order valence-electron chi connectivity index (χ3n) is 4.79. The fourth-order valence-electron chi connectivity index (χ4n) is 3.12. The Morgan fingerprint density at radius 3 is 2.53 bits per heavy atom. The lowest BCUT2D eigenvalue weighted by Gasteiger charge is -2.08. The molecule has 0 aliphatic heterocycles. The minimum absolute atomic E-state index is 0.0641. The average Bonchev–Trinajstić information content (AvgIpc) is 3.44. The first-order valence-corrected chi connectivity index (χ1v) is 10.5. The molecule has 7 heteroatoms. The van der Waals surface area contributed by atoms with Crippen molar-refractivity contribution in [2.45, 2.75) is 26.8 Å². The van der Waals surface area contributed by atoms with Gasteiger partial charge in [-0.05, 0) is 55.3 Å². The molecule has 0 unspecified atom stereocenters. The highest BCUT2D eigenvalue weighted by atomic mass is 32.1. The molecule has 0 aliphatic carbocycles. The molecule has 152 valence electrons. The van der Waals surface area contributed by atoms with Crippen LogP contribution in [0, 0.1) is 6.92 Å². The number of aryl methyl sites for hydroxylation is 2. The molecule has 6 nitrogen and oxygen atoms in total. The van der Waals surface area contributed by atoms with Crippen LogP contribution in [-0.2, 0) is 13.0 Å². The molecular formula is C23H22N4O2S. The maximum absolute atomic E-state index is 12.3. The number of rotatable bonds is 6. The lowest BCUT2D eigenvalue weighted by atomic mass is 10.2. The standard InChI is InChI=1S/C23H22N4O2S/c1-3-20-9-10-21(30-20)23(29)24-12-17-14-26(15-25-17)18-5-7-19(8-6-18)27-13-16(2)4-11-22(27)28/h4-11,13-15H,3,12H2,1-2H3,(H,24,29). The second kappa shape index (κ2) is 8.51. The van der Waals surface area contributed by atoms with Gasteiger partial charge in [-0.15, -0.1) is 11.3 Å². The summed E-state index contributed by atoms with van der Waals surface area (Å²) >= 11 is 1.52. The monoisotopic (exact) mass is 418 g/mol. The highest BCUT2D eigenvalue weighted by Gasteiger charge is 2.10. The number of benzene rings is 1. The number of carbonyl (C=O) groups is 1. The van der Waals surface area contributed by atoms with Crippen LogP contribution in [0.2, 0.25) is 0 Å². The van der Waals surface area contributed by atoms with Gasteiger partial charge in [0.05, 0.1) is 23.4 Å². The second-order valence-electron chi connectivity index (χ2n) is 7.01. The lowest BCUT2D eigenvalue weighted by molar-refractivity contribution is 0.0954. The fourth-order valence-corrected chi connectivity index (χ4v) is 3.99. The number of imidazole rings is 1. The van der Waals surface area contributed by atoms with E-state index in [1.165, 1.54) is 16.2 Å². The van der Waals surface area contributed by atoms with Gasteiger partial charge in [0, 0.05) is 34.7 Å². The van der Waals surface area contributed by atoms with Crippen LogP contribution in [0.3, 0.4) is 0 Å². The number of hydrogen-bond donors (Lipinski definition) is 1. The van der Waals surface area contributed by atoms with Crippen LogP contribution in [0.15, 0.2) is 72.0 Å². The van der Waals surface area contributed by atoms with E-state index >= 15 is 0 Å². The minimum atomic E-state index is -0.0813. The van der Waals surface area contributed by atoms with Gasteiger partial charge in [-0.25, -0.2) is 4.98 Å². The fraction of sp³-hybridized carbons (Fsp3) is 0.174. The molecule has 1 N–H and O–H groups in total. The first-order valence-electron chi connectivity index (χ1n) is 9.73. The Bertz CT molecular complexity index is 1230. The first kappa shape index (κ1) is 19.8. The van der Waals surface area contributed by atoms with Gasteiger partial charge in [-0.3, -0.25) is 14.2 Å². The van der Waals surface area contributed by atoms with Crippen LogP contribution >= 0.6 is 11.3 Å². The molecular weight excluding hydrogens is 396 g/mol. The Morgan fingerprint density at radius 1 is 1.03 bits per heavy atom. The topological polar surface area (TPSA) is 68.9 Å². The SMILES string of the molecule is CCc1ccc(C(=O)NCc2cn(-c3ccc(-n4cc(C)ccc4=O)cc3)cn2)s1. The minimum Gasteiger partial charge on any atom is -0.346 e. The van der Waals surface area contributed by atoms with E-state index in [9.17, 15) is 9.59 Å². The number of nitrogens with one attached hydrogen (secondary N) is 1. The van der Waals surface area contributed by atoms with Gasteiger partial charge in [0.1, 0.15) is 0 Å². The van der Waals surface area contributed by atoms with E-state index in [2.05, 4.69) is 17.2 Å². The molecule has 1 aromatic carbocycles. The number of carbonyl (C=O) groups excluding carboxylic acids is 1. The molecule has 0 aliphatic rings. The normalized spacial score (nSPS) is 10.9. The van der Waals surface area contributed by atoms with Crippen molar-refractivity contribution in [2.75, 3.05) is 0 Å². The Morgan fingerprint density at radius 2 is 1.80 bits per heavy atom. The lowest BCUT2D eigenvalue weighted by Crippen LogP contribution is -2.21. The quantitative estimate of drug-likeness (QED) is 0.517. The summed E-state index contributed by atoms with van der Waals surface area (Å²) in [5, 5.41) is 2.92. The third-order valence-corrected chi connectivity index (χ3v) is 6.01. The second-order valence-corrected chi connectivity index (χ2v) is 8.17. The third kappa shape index (κ3) is 4.26. The van der Waals surface area contributed by atoms with Gasteiger partial charge < -0.3 is 9.88 Å². The van der Waals surface area contributed by atoms with Crippen molar-refractivity contribution in [3.63, 3.8) is 0 Å². The molecule has 4 rings (SSSR count). The van der Waals surface area contributed by atoms with Gasteiger partial charge in [0.2, 0.25) is 0 Å². The van der Waals surface area contributed by atoms with E-state index in [1.54, 1.807) is 23.0 Å². The molecule has 30 heavy (non-hydrogen) atoms. The number of thiophene rings is 1. The predicted octanol–water partition coefficient (Wildman–Crippen LogP) is 3.89. The molecule has 0 spiro atoms. The van der Waals surface area contributed by atoms with Crippen LogP contribution < -0.4 is 10.9 Å². The van der Waals surface area contributed by atoms with Crippen LogP contribution in [0.5, 0.6) is 0 Å². The Hall–Kier alpha value is -3.45. The van der Waals surface area contributed by atoms with Crippen molar-refractivity contribution >= 4 is 17.2 Å². The number of amides is 1. The van der Waals surface area contributed by atoms with Crippen LogP contribution in [0.4, 0.5) is 0 Å². The summed E-state index contributed by atoms with van der Waals surface area (Å²) in [5.74, 6) is -0.0813. The Labute approximate surface area is 178 Å². The zero-order valence-electron chi connectivity index (χ0n) is 16.8. The van der Waals surface area contributed by atoms with Gasteiger partial charge >= 0.3 is 0 Å². The van der Waals surface area contributed by atoms with E-state index in [0.29, 0.717) is 11.4 Å². The Balaban J connectivity index is 1.44. The summed E-state index contributed by atoms with van der Waals surface area (Å²) in [6.07, 6.45) is 6.36. The van der Waals surface area contributed by atoms with E-state index in [0.717, 1.165) is 29.1 Å². The molecule has 0 fully saturated rings.